The molecule has 2 aromatic rings. The quantitative estimate of drug-likeness (QED) is 0.676. The zero-order valence-electron chi connectivity index (χ0n) is 9.25. The lowest BCUT2D eigenvalue weighted by Crippen LogP contribution is -2.13. The fourth-order valence-electron chi connectivity index (χ4n) is 1.36. The van der Waals surface area contributed by atoms with Crippen molar-refractivity contribution in [2.24, 2.45) is 0 Å². The number of benzene rings is 1. The van der Waals surface area contributed by atoms with E-state index in [0.29, 0.717) is 19.7 Å². The number of nitrogens with zero attached hydrogens (tertiary/aromatic N) is 1. The second-order valence-corrected chi connectivity index (χ2v) is 6.13. The first-order valence-corrected chi connectivity index (χ1v) is 7.39. The number of pyridine rings is 1. The standard InChI is InChI=1S/C12H6Br2Cl2N2O/c13-6-3-8(11(16)17-5-6)12(19)18-10-2-1-7(15)4-9(10)14/h1-5H,(H,18,19). The normalized spacial score (nSPS) is 10.3. The van der Waals surface area contributed by atoms with Gasteiger partial charge in [0.1, 0.15) is 5.15 Å². The first kappa shape index (κ1) is 14.8. The van der Waals surface area contributed by atoms with E-state index >= 15 is 0 Å². The second kappa shape index (κ2) is 6.22. The van der Waals surface area contributed by atoms with Gasteiger partial charge in [0.05, 0.1) is 11.3 Å². The molecule has 7 heteroatoms. The highest BCUT2D eigenvalue weighted by Gasteiger charge is 2.13. The van der Waals surface area contributed by atoms with Crippen LogP contribution in [0.1, 0.15) is 10.4 Å². The Kier molecular flexibility index (Phi) is 4.84. The lowest BCUT2D eigenvalue weighted by atomic mass is 10.2. The number of carbonyl (C=O) groups excluding carboxylic acids is 1. The molecule has 19 heavy (non-hydrogen) atoms. The van der Waals surface area contributed by atoms with Gasteiger partial charge in [0.15, 0.2) is 0 Å². The Labute approximate surface area is 136 Å². The Morgan fingerprint density at radius 3 is 2.63 bits per heavy atom. The van der Waals surface area contributed by atoms with Crippen LogP contribution in [0.3, 0.4) is 0 Å². The van der Waals surface area contributed by atoms with Crippen LogP contribution in [-0.4, -0.2) is 10.9 Å². The SMILES string of the molecule is O=C(Nc1ccc(Cl)cc1Br)c1cc(Br)cnc1Cl. The number of nitrogens with one attached hydrogen (secondary N) is 1. The Bertz CT molecular complexity index is 650. The van der Waals surface area contributed by atoms with E-state index in [1.54, 1.807) is 24.3 Å². The molecule has 0 spiro atoms. The van der Waals surface area contributed by atoms with Crippen molar-refractivity contribution in [1.29, 1.82) is 0 Å². The number of amides is 1. The highest BCUT2D eigenvalue weighted by Crippen LogP contribution is 2.27. The van der Waals surface area contributed by atoms with Crippen molar-refractivity contribution in [3.63, 3.8) is 0 Å². The number of carbonyl (C=O) groups is 1. The lowest BCUT2D eigenvalue weighted by Gasteiger charge is -2.08. The highest BCUT2D eigenvalue weighted by molar-refractivity contribution is 9.10. The zero-order chi connectivity index (χ0) is 14.0. The Morgan fingerprint density at radius 2 is 1.95 bits per heavy atom. The van der Waals surface area contributed by atoms with Gasteiger partial charge < -0.3 is 5.32 Å². The van der Waals surface area contributed by atoms with Gasteiger partial charge >= 0.3 is 0 Å². The number of rotatable bonds is 2. The second-order valence-electron chi connectivity index (χ2n) is 3.57. The van der Waals surface area contributed by atoms with Crippen LogP contribution >= 0.6 is 55.1 Å². The largest absolute Gasteiger partial charge is 0.321 e. The van der Waals surface area contributed by atoms with Gasteiger partial charge in [-0.2, -0.15) is 0 Å². The molecule has 0 bridgehead atoms. The molecular formula is C12H6Br2Cl2N2O. The minimum absolute atomic E-state index is 0.144. The third-order valence-electron chi connectivity index (χ3n) is 2.23. The van der Waals surface area contributed by atoms with Crippen molar-refractivity contribution in [2.45, 2.75) is 0 Å². The van der Waals surface area contributed by atoms with Gasteiger partial charge in [-0.1, -0.05) is 23.2 Å². The number of hydrogen-bond acceptors (Lipinski definition) is 2. The average molecular weight is 425 g/mol. The molecule has 3 nitrogen and oxygen atoms in total. The summed E-state index contributed by atoms with van der Waals surface area (Å²) in [5.41, 5.74) is 0.892. The van der Waals surface area contributed by atoms with Crippen LogP contribution in [-0.2, 0) is 0 Å². The van der Waals surface area contributed by atoms with Crippen molar-refractivity contribution in [3.05, 3.63) is 55.1 Å². The number of hydrogen-bond donors (Lipinski definition) is 1. The fraction of sp³-hybridized carbons (Fsp3) is 0. The zero-order valence-corrected chi connectivity index (χ0v) is 13.9. The van der Waals surface area contributed by atoms with Crippen molar-refractivity contribution in [1.82, 2.24) is 4.98 Å². The predicted molar refractivity (Wildman–Crippen MR) is 84.1 cm³/mol. The van der Waals surface area contributed by atoms with E-state index in [2.05, 4.69) is 42.2 Å². The van der Waals surface area contributed by atoms with E-state index in [4.69, 9.17) is 23.2 Å². The molecule has 2 rings (SSSR count). The molecule has 0 aliphatic rings. The average Bonchev–Trinajstić information content (AvgIpc) is 2.35. The summed E-state index contributed by atoms with van der Waals surface area (Å²) in [4.78, 5) is 16.0. The Balaban J connectivity index is 2.28. The van der Waals surface area contributed by atoms with Crippen LogP contribution in [0.2, 0.25) is 10.2 Å². The van der Waals surface area contributed by atoms with Crippen LogP contribution in [0.25, 0.3) is 0 Å². The fourth-order valence-corrected chi connectivity index (χ4v) is 2.66. The summed E-state index contributed by atoms with van der Waals surface area (Å²) < 4.78 is 1.37. The van der Waals surface area contributed by atoms with Crippen LogP contribution in [0.5, 0.6) is 0 Å². The van der Waals surface area contributed by atoms with Gasteiger partial charge in [-0.25, -0.2) is 4.98 Å². The van der Waals surface area contributed by atoms with Gasteiger partial charge in [0.2, 0.25) is 0 Å². The Hall–Kier alpha value is -0.620. The highest BCUT2D eigenvalue weighted by atomic mass is 79.9. The first-order chi connectivity index (χ1) is 8.97. The minimum Gasteiger partial charge on any atom is -0.321 e. The molecule has 1 aromatic carbocycles. The topological polar surface area (TPSA) is 42.0 Å². The van der Waals surface area contributed by atoms with Gasteiger partial charge in [-0.15, -0.1) is 0 Å². The van der Waals surface area contributed by atoms with Crippen molar-refractivity contribution in [3.8, 4) is 0 Å². The molecule has 1 heterocycles. The summed E-state index contributed by atoms with van der Waals surface area (Å²) in [5, 5.41) is 3.45. The van der Waals surface area contributed by atoms with E-state index in [-0.39, 0.29) is 16.6 Å². The molecule has 1 amide bonds. The smallest absolute Gasteiger partial charge is 0.258 e. The molecule has 0 radical (unpaired) electrons. The third-order valence-corrected chi connectivity index (χ3v) is 3.86. The summed E-state index contributed by atoms with van der Waals surface area (Å²) in [6, 6.07) is 6.68. The number of aromatic nitrogens is 1. The van der Waals surface area contributed by atoms with Crippen LogP contribution in [0.15, 0.2) is 39.4 Å². The predicted octanol–water partition coefficient (Wildman–Crippen LogP) is 5.17. The maximum Gasteiger partial charge on any atom is 0.258 e. The van der Waals surface area contributed by atoms with Crippen molar-refractivity contribution in [2.75, 3.05) is 5.32 Å². The molecule has 0 fully saturated rings. The maximum atomic E-state index is 12.1. The van der Waals surface area contributed by atoms with Gasteiger partial charge in [0, 0.05) is 20.2 Å². The van der Waals surface area contributed by atoms with Gasteiger partial charge in [-0.05, 0) is 56.1 Å². The minimum atomic E-state index is -0.346. The Morgan fingerprint density at radius 1 is 1.21 bits per heavy atom. The summed E-state index contributed by atoms with van der Waals surface area (Å²) >= 11 is 18.3. The lowest BCUT2D eigenvalue weighted by molar-refractivity contribution is 0.102. The van der Waals surface area contributed by atoms with E-state index in [0.717, 1.165) is 0 Å². The van der Waals surface area contributed by atoms with E-state index in [9.17, 15) is 4.79 Å². The van der Waals surface area contributed by atoms with E-state index in [1.807, 2.05) is 0 Å². The third kappa shape index (κ3) is 3.69. The van der Waals surface area contributed by atoms with Crippen molar-refractivity contribution >= 4 is 66.7 Å². The van der Waals surface area contributed by atoms with Crippen LogP contribution < -0.4 is 5.32 Å². The molecular weight excluding hydrogens is 419 g/mol. The van der Waals surface area contributed by atoms with Gasteiger partial charge in [-0.3, -0.25) is 4.79 Å². The maximum absolute atomic E-state index is 12.1. The number of anilines is 1. The van der Waals surface area contributed by atoms with Gasteiger partial charge in [0.25, 0.3) is 5.91 Å². The van der Waals surface area contributed by atoms with E-state index in [1.165, 1.54) is 6.20 Å². The molecule has 0 aliphatic heterocycles. The summed E-state index contributed by atoms with van der Waals surface area (Å²) in [5.74, 6) is -0.346. The summed E-state index contributed by atoms with van der Waals surface area (Å²) in [7, 11) is 0. The van der Waals surface area contributed by atoms with Crippen LogP contribution in [0.4, 0.5) is 5.69 Å². The molecule has 1 aromatic heterocycles. The molecule has 0 atom stereocenters. The number of halogens is 4. The summed E-state index contributed by atoms with van der Waals surface area (Å²) in [6.07, 6.45) is 1.53. The molecule has 0 aliphatic carbocycles. The molecule has 98 valence electrons. The molecule has 0 saturated carbocycles. The molecule has 0 saturated heterocycles. The van der Waals surface area contributed by atoms with E-state index < -0.39 is 0 Å². The summed E-state index contributed by atoms with van der Waals surface area (Å²) in [6.45, 7) is 0. The molecule has 0 unspecified atom stereocenters. The monoisotopic (exact) mass is 422 g/mol. The molecule has 1 N–H and O–H groups in total. The first-order valence-electron chi connectivity index (χ1n) is 5.05. The van der Waals surface area contributed by atoms with Crippen LogP contribution in [0, 0.1) is 0 Å². The van der Waals surface area contributed by atoms with Crippen molar-refractivity contribution < 1.29 is 4.79 Å².